The number of hydrogen-bond donors (Lipinski definition) is 0. The molecule has 1 aliphatic carbocycles. The number of carbonyl (C=O) groups is 1. The van der Waals surface area contributed by atoms with Crippen LogP contribution in [0.4, 0.5) is 0 Å². The molecule has 1 aliphatic heterocycles. The smallest absolute Gasteiger partial charge is 0.187 e. The van der Waals surface area contributed by atoms with Crippen LogP contribution in [0.5, 0.6) is 0 Å². The molecule has 0 spiro atoms. The highest BCUT2D eigenvalue weighted by molar-refractivity contribution is 6.34. The Morgan fingerprint density at radius 3 is 2.74 bits per heavy atom. The third kappa shape index (κ3) is 2.43. The van der Waals surface area contributed by atoms with Crippen LogP contribution in [0.2, 0.25) is 5.02 Å². The zero-order valence-corrected chi connectivity index (χ0v) is 12.3. The Morgan fingerprint density at radius 2 is 2.11 bits per heavy atom. The molecule has 4 nitrogen and oxygen atoms in total. The van der Waals surface area contributed by atoms with E-state index in [0.29, 0.717) is 16.8 Å². The van der Waals surface area contributed by atoms with Crippen LogP contribution in [-0.2, 0) is 13.1 Å². The molecule has 104 valence electrons. The van der Waals surface area contributed by atoms with Crippen molar-refractivity contribution in [3.05, 3.63) is 16.4 Å². The average molecular weight is 282 g/mol. The molecule has 2 heterocycles. The average Bonchev–Trinajstić information content (AvgIpc) is 3.18. The Kier molecular flexibility index (Phi) is 3.39. The van der Waals surface area contributed by atoms with E-state index in [1.807, 2.05) is 4.68 Å². The van der Waals surface area contributed by atoms with Gasteiger partial charge in [-0.2, -0.15) is 5.10 Å². The van der Waals surface area contributed by atoms with Gasteiger partial charge in [-0.25, -0.2) is 0 Å². The lowest BCUT2D eigenvalue weighted by molar-refractivity contribution is 0.0962. The molecule has 0 bridgehead atoms. The minimum absolute atomic E-state index is 0.140. The fourth-order valence-corrected chi connectivity index (χ4v) is 2.93. The first kappa shape index (κ1) is 13.1. The van der Waals surface area contributed by atoms with Gasteiger partial charge in [0.2, 0.25) is 0 Å². The van der Waals surface area contributed by atoms with Crippen molar-refractivity contribution in [3.8, 4) is 0 Å². The molecule has 19 heavy (non-hydrogen) atoms. The maximum Gasteiger partial charge on any atom is 0.187 e. The number of nitrogens with zero attached hydrogens (tertiary/aromatic N) is 3. The fraction of sp³-hybridized carbons (Fsp3) is 0.714. The largest absolute Gasteiger partial charge is 0.295 e. The molecule has 0 saturated heterocycles. The zero-order chi connectivity index (χ0) is 13.6. The lowest BCUT2D eigenvalue weighted by Crippen LogP contribution is -2.30. The van der Waals surface area contributed by atoms with E-state index in [2.05, 4.69) is 23.8 Å². The van der Waals surface area contributed by atoms with E-state index >= 15 is 0 Å². The predicted molar refractivity (Wildman–Crippen MR) is 74.5 cm³/mol. The second-order valence-electron chi connectivity index (χ2n) is 5.89. The van der Waals surface area contributed by atoms with Crippen LogP contribution < -0.4 is 0 Å². The van der Waals surface area contributed by atoms with Gasteiger partial charge in [-0.15, -0.1) is 0 Å². The van der Waals surface area contributed by atoms with E-state index < -0.39 is 0 Å². The lowest BCUT2D eigenvalue weighted by Gasteiger charge is -2.23. The first-order valence-electron chi connectivity index (χ1n) is 7.11. The molecular weight excluding hydrogens is 262 g/mol. The molecule has 5 heteroatoms. The highest BCUT2D eigenvalue weighted by Gasteiger charge is 2.35. The van der Waals surface area contributed by atoms with Gasteiger partial charge in [0.25, 0.3) is 0 Å². The number of ketones is 1. The predicted octanol–water partition coefficient (Wildman–Crippen LogP) is 2.74. The van der Waals surface area contributed by atoms with Gasteiger partial charge < -0.3 is 0 Å². The van der Waals surface area contributed by atoms with Gasteiger partial charge in [0, 0.05) is 31.6 Å². The third-order valence-electron chi connectivity index (χ3n) is 4.07. The van der Waals surface area contributed by atoms with Gasteiger partial charge in [0.15, 0.2) is 5.78 Å². The van der Waals surface area contributed by atoms with Gasteiger partial charge >= 0.3 is 0 Å². The van der Waals surface area contributed by atoms with Gasteiger partial charge in [0.05, 0.1) is 10.7 Å². The Labute approximate surface area is 118 Å². The topological polar surface area (TPSA) is 38.1 Å². The number of aryl methyl sites for hydroxylation is 1. The third-order valence-corrected chi connectivity index (χ3v) is 4.47. The van der Waals surface area contributed by atoms with E-state index in [4.69, 9.17) is 11.6 Å². The van der Waals surface area contributed by atoms with E-state index in [0.717, 1.165) is 44.6 Å². The molecule has 0 unspecified atom stereocenters. The first-order chi connectivity index (χ1) is 9.08. The van der Waals surface area contributed by atoms with E-state index in [9.17, 15) is 4.79 Å². The zero-order valence-electron chi connectivity index (χ0n) is 11.5. The summed E-state index contributed by atoms with van der Waals surface area (Å²) in [6, 6.07) is 0.486. The number of aromatic nitrogens is 2. The summed E-state index contributed by atoms with van der Waals surface area (Å²) in [5.41, 5.74) is 1.52. The summed E-state index contributed by atoms with van der Waals surface area (Å²) in [4.78, 5) is 14.6. The van der Waals surface area contributed by atoms with E-state index in [-0.39, 0.29) is 11.7 Å². The number of hydrogen-bond acceptors (Lipinski definition) is 3. The molecule has 2 aliphatic rings. The highest BCUT2D eigenvalue weighted by atomic mass is 35.5. The van der Waals surface area contributed by atoms with Crippen molar-refractivity contribution in [1.29, 1.82) is 0 Å². The Balaban J connectivity index is 1.92. The van der Waals surface area contributed by atoms with Crippen LogP contribution in [0.1, 0.15) is 49.3 Å². The maximum absolute atomic E-state index is 12.2. The molecular formula is C14H20ClN3O. The van der Waals surface area contributed by atoms with E-state index in [1.165, 1.54) is 0 Å². The molecule has 0 aromatic carbocycles. The molecule has 1 saturated carbocycles. The number of halogens is 1. The van der Waals surface area contributed by atoms with Crippen molar-refractivity contribution in [2.24, 2.45) is 5.92 Å². The number of carbonyl (C=O) groups excluding carboxylic acids is 1. The minimum atomic E-state index is 0.140. The van der Waals surface area contributed by atoms with E-state index in [1.54, 1.807) is 0 Å². The molecule has 0 amide bonds. The molecule has 0 radical (unpaired) electrons. The molecule has 1 fully saturated rings. The Morgan fingerprint density at radius 1 is 1.37 bits per heavy atom. The molecule has 0 N–H and O–H groups in total. The Bertz CT molecular complexity index is 505. The summed E-state index contributed by atoms with van der Waals surface area (Å²) in [6.07, 6.45) is 3.05. The fourth-order valence-electron chi connectivity index (χ4n) is 2.64. The van der Waals surface area contributed by atoms with Gasteiger partial charge in [-0.3, -0.25) is 14.4 Å². The van der Waals surface area contributed by atoms with Crippen LogP contribution >= 0.6 is 11.6 Å². The van der Waals surface area contributed by atoms with Gasteiger partial charge in [0.1, 0.15) is 5.69 Å². The summed E-state index contributed by atoms with van der Waals surface area (Å²) < 4.78 is 1.94. The second-order valence-corrected chi connectivity index (χ2v) is 6.27. The van der Waals surface area contributed by atoms with Crippen LogP contribution in [0.15, 0.2) is 0 Å². The van der Waals surface area contributed by atoms with Crippen LogP contribution in [0, 0.1) is 5.92 Å². The van der Waals surface area contributed by atoms with Gasteiger partial charge in [-0.1, -0.05) is 11.6 Å². The van der Waals surface area contributed by atoms with Crippen LogP contribution in [0.3, 0.4) is 0 Å². The normalized spacial score (nSPS) is 20.4. The van der Waals surface area contributed by atoms with Gasteiger partial charge in [-0.05, 0) is 33.1 Å². The summed E-state index contributed by atoms with van der Waals surface area (Å²) in [7, 11) is 0. The monoisotopic (exact) mass is 281 g/mol. The second kappa shape index (κ2) is 4.91. The van der Waals surface area contributed by atoms with Crippen LogP contribution in [0.25, 0.3) is 0 Å². The first-order valence-corrected chi connectivity index (χ1v) is 7.49. The van der Waals surface area contributed by atoms with Crippen molar-refractivity contribution >= 4 is 17.4 Å². The molecule has 1 aromatic rings. The highest BCUT2D eigenvalue weighted by Crippen LogP contribution is 2.35. The SMILES string of the molecule is CC(C)N1CCCn2nc(C(=O)C3CC3)c(Cl)c2C1. The summed E-state index contributed by atoms with van der Waals surface area (Å²) in [6.45, 7) is 7.09. The van der Waals surface area contributed by atoms with Crippen molar-refractivity contribution < 1.29 is 4.79 Å². The summed E-state index contributed by atoms with van der Waals surface area (Å²) in [5.74, 6) is 0.319. The van der Waals surface area contributed by atoms with Crippen molar-refractivity contribution in [2.75, 3.05) is 6.54 Å². The molecule has 0 atom stereocenters. The molecule has 3 rings (SSSR count). The summed E-state index contributed by atoms with van der Waals surface area (Å²) >= 11 is 6.42. The molecule has 1 aromatic heterocycles. The standard InChI is InChI=1S/C14H20ClN3O/c1-9(2)17-6-3-7-18-11(8-17)12(15)13(16-18)14(19)10-4-5-10/h9-10H,3-8H2,1-2H3. The van der Waals surface area contributed by atoms with Crippen LogP contribution in [-0.4, -0.2) is 33.1 Å². The summed E-state index contributed by atoms with van der Waals surface area (Å²) in [5, 5.41) is 5.06. The van der Waals surface area contributed by atoms with Crippen molar-refractivity contribution in [1.82, 2.24) is 14.7 Å². The maximum atomic E-state index is 12.2. The number of Topliss-reactive ketones (excluding diaryl/α,β-unsaturated/α-hetero) is 1. The lowest BCUT2D eigenvalue weighted by atomic mass is 10.2. The number of fused-ring (bicyclic) bond motifs is 1. The Hall–Kier alpha value is -0.870. The number of rotatable bonds is 3. The minimum Gasteiger partial charge on any atom is -0.295 e. The quantitative estimate of drug-likeness (QED) is 0.800. The van der Waals surface area contributed by atoms with Crippen molar-refractivity contribution in [3.63, 3.8) is 0 Å². The van der Waals surface area contributed by atoms with Crippen molar-refractivity contribution in [2.45, 2.75) is 52.2 Å².